The summed E-state index contributed by atoms with van der Waals surface area (Å²) in [5.41, 5.74) is 5.36. The molecule has 2 aliphatic carbocycles. The minimum absolute atomic E-state index is 0.0640. The number of carboxylic acid groups (broad SMARTS) is 1. The van der Waals surface area contributed by atoms with Gasteiger partial charge in [-0.2, -0.15) is 0 Å². The van der Waals surface area contributed by atoms with E-state index in [4.69, 9.17) is 23.2 Å². The number of fused-ring (bicyclic) bond motifs is 2. The van der Waals surface area contributed by atoms with Gasteiger partial charge < -0.3 is 55.0 Å². The number of aliphatic hydroxyl groups is 2. The highest BCUT2D eigenvalue weighted by Crippen LogP contribution is 2.44. The number of benzene rings is 2. The van der Waals surface area contributed by atoms with Gasteiger partial charge in [-0.25, -0.2) is 19.9 Å². The van der Waals surface area contributed by atoms with Gasteiger partial charge in [0.25, 0.3) is 0 Å². The highest BCUT2D eigenvalue weighted by molar-refractivity contribution is 6.45. The quantitative estimate of drug-likeness (QED) is 0.0839. The molecule has 4 heterocycles. The molecule has 2 aromatic heterocycles. The lowest BCUT2D eigenvalue weighted by atomic mass is 9.81. The van der Waals surface area contributed by atoms with E-state index in [0.717, 1.165) is 72.3 Å². The molecule has 4 aliphatic rings. The molecule has 0 bridgehead atoms. The third kappa shape index (κ3) is 14.2. The molecular weight excluding hydrogens is 945 g/mol. The van der Waals surface area contributed by atoms with E-state index in [1.165, 1.54) is 0 Å². The number of anilines is 2. The van der Waals surface area contributed by atoms with Crippen molar-refractivity contribution in [3.05, 3.63) is 105 Å². The summed E-state index contributed by atoms with van der Waals surface area (Å²) in [6.45, 7) is 22.6. The van der Waals surface area contributed by atoms with Crippen molar-refractivity contribution in [3.63, 3.8) is 0 Å². The van der Waals surface area contributed by atoms with Crippen LogP contribution in [-0.4, -0.2) is 163 Å². The predicted octanol–water partition coefficient (Wildman–Crippen LogP) is 5.68. The fourth-order valence-electron chi connectivity index (χ4n) is 10.00. The summed E-state index contributed by atoms with van der Waals surface area (Å²) in [6, 6.07) is 14.7. The van der Waals surface area contributed by atoms with Crippen molar-refractivity contribution in [2.45, 2.75) is 116 Å². The number of piperazine rings is 2. The Hall–Kier alpha value is -4.43. The number of nitrogens with one attached hydrogen (secondary N) is 1. The van der Waals surface area contributed by atoms with Gasteiger partial charge in [0.15, 0.2) is 0 Å². The smallest absolute Gasteiger partial charge is 0.376 e. The molecule has 21 heteroatoms. The zero-order valence-corrected chi connectivity index (χ0v) is 43.9. The van der Waals surface area contributed by atoms with Crippen molar-refractivity contribution in [1.29, 1.82) is 0 Å². The molecule has 6 N–H and O–H groups in total. The maximum absolute atomic E-state index is 13.5. The van der Waals surface area contributed by atoms with Crippen molar-refractivity contribution >= 4 is 60.8 Å². The second kappa shape index (κ2) is 25.5. The molecule has 2 aromatic carbocycles. The maximum Gasteiger partial charge on any atom is 0.376 e. The normalized spacial score (nSPS) is 20.7. The van der Waals surface area contributed by atoms with Crippen molar-refractivity contribution in [3.8, 4) is 0 Å². The van der Waals surface area contributed by atoms with E-state index in [1.54, 1.807) is 55.4 Å². The number of carboxylic acids is 1. The van der Waals surface area contributed by atoms with Crippen LogP contribution in [0.15, 0.2) is 61.2 Å². The van der Waals surface area contributed by atoms with Gasteiger partial charge in [0.05, 0.1) is 35.4 Å². The first kappa shape index (κ1) is 55.9. The van der Waals surface area contributed by atoms with Crippen LogP contribution in [0, 0.1) is 0 Å². The van der Waals surface area contributed by atoms with E-state index in [1.807, 2.05) is 43.0 Å². The van der Waals surface area contributed by atoms with Crippen LogP contribution in [0.1, 0.15) is 124 Å². The first-order valence-electron chi connectivity index (χ1n) is 24.9. The number of halogens is 2. The van der Waals surface area contributed by atoms with Gasteiger partial charge in [0, 0.05) is 92.7 Å². The van der Waals surface area contributed by atoms with Crippen molar-refractivity contribution < 1.29 is 35.0 Å². The summed E-state index contributed by atoms with van der Waals surface area (Å²) in [4.78, 5) is 52.7. The molecule has 2 aliphatic heterocycles. The number of hydrogen-bond acceptors (Lipinski definition) is 15. The molecule has 0 spiro atoms. The van der Waals surface area contributed by atoms with Crippen LogP contribution in [0.4, 0.5) is 11.6 Å². The zero-order valence-electron chi connectivity index (χ0n) is 42.4. The van der Waals surface area contributed by atoms with Gasteiger partial charge in [0.2, 0.25) is 5.91 Å². The third-order valence-electron chi connectivity index (χ3n) is 14.0. The fraction of sp³-hybridized carbons (Fsp3) is 0.560. The number of carbonyl (C=O) groups is 2. The lowest BCUT2D eigenvalue weighted by Crippen LogP contribution is -2.52. The molecule has 0 radical (unpaired) electrons. The molecule has 0 saturated carbocycles. The van der Waals surface area contributed by atoms with E-state index in [9.17, 15) is 35.0 Å². The van der Waals surface area contributed by atoms with Gasteiger partial charge >= 0.3 is 20.1 Å². The Morgan fingerprint density at radius 3 is 1.54 bits per heavy atom. The molecular formula is C50H72B2Cl2N10O7. The summed E-state index contributed by atoms with van der Waals surface area (Å²) < 4.78 is 0. The number of nitrogens with zero attached hydrogens (tertiary/aromatic N) is 9. The number of rotatable bonds is 14. The third-order valence-corrected chi connectivity index (χ3v) is 14.5. The molecule has 384 valence electrons. The molecule has 1 amide bonds. The lowest BCUT2D eigenvalue weighted by molar-refractivity contribution is -0.139. The van der Waals surface area contributed by atoms with Crippen LogP contribution >= 0.6 is 23.2 Å². The predicted molar refractivity (Wildman–Crippen MR) is 281 cm³/mol. The minimum Gasteiger partial charge on any atom is -0.481 e. The Bertz CT molecular complexity index is 2350. The molecule has 2 saturated heterocycles. The number of aliphatic hydroxyl groups excluding tert-OH is 2. The molecule has 0 unspecified atom stereocenters. The van der Waals surface area contributed by atoms with E-state index in [-0.39, 0.29) is 30.3 Å². The van der Waals surface area contributed by atoms with E-state index < -0.39 is 38.2 Å². The number of aromatic nitrogens is 4. The molecule has 71 heavy (non-hydrogen) atoms. The lowest BCUT2D eigenvalue weighted by Gasteiger charge is -2.38. The molecule has 2 fully saturated rings. The standard InChI is InChI=1S/C24H32ClN5O2.C13H19BClNO3.C13H21BN4O2/c1-15(2)26-13-19(17-4-6-18(25)7-5-17)24(32)30-10-8-29(9-11-30)23-21-16(3)12-20(31)22(21)27-14-28-23;1-9(2)16(14(3)19)8-12(13(17)18)10-4-6-11(15)7-5-10;1-9-7-10(19)12-11(9)13(16-8-15-12)17-3-5-18(6-4-17)14(2)20/h4-7,14-16,19-20,26,31H,8-13H2,1-3H3;4-7,9,12,19H,8H2,1-3H3,(H,17,18);8-10,19-20H,3-7H2,1-2H3/t16-,19-,20-;12-;9-,10-/m111/s1. The molecule has 6 atom stereocenters. The maximum atomic E-state index is 13.5. The Morgan fingerprint density at radius 2 is 1.14 bits per heavy atom. The van der Waals surface area contributed by atoms with Crippen LogP contribution in [0.5, 0.6) is 0 Å². The fourth-order valence-corrected chi connectivity index (χ4v) is 10.2. The Balaban J connectivity index is 0.000000184. The Morgan fingerprint density at radius 1 is 0.704 bits per heavy atom. The van der Waals surface area contributed by atoms with Crippen molar-refractivity contribution in [1.82, 2.24) is 39.8 Å². The summed E-state index contributed by atoms with van der Waals surface area (Å²) in [6.07, 6.45) is 3.54. The second-order valence-corrected chi connectivity index (χ2v) is 20.7. The summed E-state index contributed by atoms with van der Waals surface area (Å²) in [5, 5.41) is 53.7. The molecule has 17 nitrogen and oxygen atoms in total. The average Bonchev–Trinajstić information content (AvgIpc) is 3.81. The highest BCUT2D eigenvalue weighted by Gasteiger charge is 2.37. The first-order valence-corrected chi connectivity index (χ1v) is 25.7. The summed E-state index contributed by atoms with van der Waals surface area (Å²) in [5.74, 6) is 0.684. The average molecular weight is 1020 g/mol. The Labute approximate surface area is 429 Å². The van der Waals surface area contributed by atoms with Crippen LogP contribution in [0.2, 0.25) is 23.7 Å². The summed E-state index contributed by atoms with van der Waals surface area (Å²) >= 11 is 11.9. The van der Waals surface area contributed by atoms with Gasteiger partial charge in [-0.05, 0) is 79.8 Å². The highest BCUT2D eigenvalue weighted by atomic mass is 35.5. The van der Waals surface area contributed by atoms with Crippen LogP contribution < -0.4 is 15.1 Å². The number of hydrogen-bond donors (Lipinski definition) is 6. The van der Waals surface area contributed by atoms with E-state index in [0.29, 0.717) is 66.7 Å². The van der Waals surface area contributed by atoms with Crippen LogP contribution in [0.3, 0.4) is 0 Å². The molecule has 4 aromatic rings. The van der Waals surface area contributed by atoms with Gasteiger partial charge in [-0.3, -0.25) is 9.59 Å². The van der Waals surface area contributed by atoms with Crippen LogP contribution in [-0.2, 0) is 9.59 Å². The Kier molecular flexibility index (Phi) is 20.1. The second-order valence-electron chi connectivity index (χ2n) is 19.8. The monoisotopic (exact) mass is 1020 g/mol. The topological polar surface area (TPSA) is 215 Å². The minimum atomic E-state index is -0.909. The van der Waals surface area contributed by atoms with E-state index in [2.05, 4.69) is 67.6 Å². The van der Waals surface area contributed by atoms with Crippen LogP contribution in [0.25, 0.3) is 0 Å². The SMILES string of the molecule is CB(O)N(C[C@@H](C(=O)O)c1ccc(Cl)cc1)C(C)C.CB(O)N1CCN(c2ncnc3c2[C@H](C)C[C@H]3O)CC1.CC(C)NC[C@@H](C(=O)N1CCN(c2ncnc3c2[C@H](C)C[C@H]3O)CC1)c1ccc(Cl)cc1. The number of aliphatic carboxylic acids is 1. The zero-order chi connectivity index (χ0) is 51.7. The molecule has 8 rings (SSSR count). The first-order chi connectivity index (χ1) is 33.7. The summed E-state index contributed by atoms with van der Waals surface area (Å²) in [7, 11) is -1.08. The van der Waals surface area contributed by atoms with Gasteiger partial charge in [-0.15, -0.1) is 0 Å². The van der Waals surface area contributed by atoms with Crippen molar-refractivity contribution in [2.75, 3.05) is 75.2 Å². The van der Waals surface area contributed by atoms with Gasteiger partial charge in [0.1, 0.15) is 24.3 Å². The van der Waals surface area contributed by atoms with Crippen molar-refractivity contribution in [2.24, 2.45) is 0 Å². The van der Waals surface area contributed by atoms with E-state index >= 15 is 0 Å². The van der Waals surface area contributed by atoms with Gasteiger partial charge in [-0.1, -0.05) is 89.0 Å². The number of amides is 1. The number of carbonyl (C=O) groups excluding carboxylic acids is 1. The largest absolute Gasteiger partial charge is 0.481 e.